The predicted molar refractivity (Wildman–Crippen MR) is 121 cm³/mol. The van der Waals surface area contributed by atoms with Gasteiger partial charge in [-0.1, -0.05) is 23.8 Å². The van der Waals surface area contributed by atoms with Gasteiger partial charge in [0.1, 0.15) is 34.0 Å². The van der Waals surface area contributed by atoms with E-state index in [1.807, 2.05) is 19.9 Å². The van der Waals surface area contributed by atoms with Crippen LogP contribution >= 0.6 is 0 Å². The quantitative estimate of drug-likeness (QED) is 0.228. The van der Waals surface area contributed by atoms with Crippen LogP contribution in [-0.4, -0.2) is 25.5 Å². The molecule has 7 nitrogen and oxygen atoms in total. The fourth-order valence-corrected chi connectivity index (χ4v) is 4.28. The number of benzene rings is 2. The van der Waals surface area contributed by atoms with Gasteiger partial charge in [0.25, 0.3) is 0 Å². The van der Waals surface area contributed by atoms with Crippen molar-refractivity contribution in [3.8, 4) is 40.1 Å². The zero-order valence-corrected chi connectivity index (χ0v) is 18.0. The van der Waals surface area contributed by atoms with E-state index < -0.39 is 28.6 Å². The van der Waals surface area contributed by atoms with Gasteiger partial charge in [0, 0.05) is 34.7 Å². The molecule has 1 unspecified atom stereocenters. The SMILES string of the molecule is C=C(C)C1Cc2c(oc3c(CC=C(C)C)c(O)cc(O)c3c2=O)-c2c(O)cc(O)c(O)c21. The third-order valence-electron chi connectivity index (χ3n) is 5.91. The maximum Gasteiger partial charge on any atom is 0.200 e. The van der Waals surface area contributed by atoms with Crippen molar-refractivity contribution < 1.29 is 29.9 Å². The summed E-state index contributed by atoms with van der Waals surface area (Å²) < 4.78 is 6.09. The van der Waals surface area contributed by atoms with Crippen molar-refractivity contribution in [2.45, 2.75) is 39.5 Å². The molecule has 0 bridgehead atoms. The highest BCUT2D eigenvalue weighted by Gasteiger charge is 2.36. The van der Waals surface area contributed by atoms with E-state index in [0.717, 1.165) is 17.7 Å². The molecule has 1 atom stereocenters. The van der Waals surface area contributed by atoms with E-state index in [1.165, 1.54) is 0 Å². The van der Waals surface area contributed by atoms with Gasteiger partial charge in [-0.2, -0.15) is 0 Å². The third-order valence-corrected chi connectivity index (χ3v) is 5.91. The van der Waals surface area contributed by atoms with E-state index in [4.69, 9.17) is 4.42 Å². The number of aromatic hydroxyl groups is 5. The molecule has 0 saturated heterocycles. The molecule has 1 heterocycles. The summed E-state index contributed by atoms with van der Waals surface area (Å²) in [4.78, 5) is 13.5. The molecule has 0 aliphatic heterocycles. The molecule has 0 radical (unpaired) electrons. The number of allylic oxidation sites excluding steroid dienone is 3. The van der Waals surface area contributed by atoms with Crippen LogP contribution in [0.4, 0.5) is 0 Å². The number of phenols is 5. The average molecular weight is 436 g/mol. The van der Waals surface area contributed by atoms with Gasteiger partial charge < -0.3 is 29.9 Å². The van der Waals surface area contributed by atoms with E-state index in [0.29, 0.717) is 11.1 Å². The van der Waals surface area contributed by atoms with Crippen molar-refractivity contribution in [1.29, 1.82) is 0 Å². The van der Waals surface area contributed by atoms with Crippen molar-refractivity contribution in [2.24, 2.45) is 0 Å². The summed E-state index contributed by atoms with van der Waals surface area (Å²) in [6, 6.07) is 2.10. The van der Waals surface area contributed by atoms with E-state index in [9.17, 15) is 30.3 Å². The molecule has 1 aliphatic rings. The summed E-state index contributed by atoms with van der Waals surface area (Å²) in [6.07, 6.45) is 2.19. The first-order chi connectivity index (χ1) is 15.0. The highest BCUT2D eigenvalue weighted by atomic mass is 16.3. The zero-order chi connectivity index (χ0) is 23.5. The van der Waals surface area contributed by atoms with Gasteiger partial charge in [0.2, 0.25) is 0 Å². The standard InChI is InChI=1S/C25H24O7/c1-10(2)5-6-12-15(26)8-17(28)21-22(30)14-7-13(11(3)4)19-20(25(14)32-24(12)21)16(27)9-18(29)23(19)31/h5,8-9,13,26-29,31H,3,6-7H2,1-2,4H3. The van der Waals surface area contributed by atoms with Crippen LogP contribution in [-0.2, 0) is 12.8 Å². The van der Waals surface area contributed by atoms with Crippen LogP contribution in [0.15, 0.2) is 45.1 Å². The highest BCUT2D eigenvalue weighted by Crippen LogP contribution is 2.53. The number of fused-ring (bicyclic) bond motifs is 4. The van der Waals surface area contributed by atoms with Crippen LogP contribution in [0.1, 0.15) is 43.4 Å². The Morgan fingerprint density at radius 1 is 1.06 bits per heavy atom. The normalized spacial score (nSPS) is 14.7. The Hall–Kier alpha value is -3.87. The molecule has 4 rings (SSSR count). The number of phenolic OH excluding ortho intramolecular Hbond substituents is 5. The van der Waals surface area contributed by atoms with Crippen LogP contribution in [0.2, 0.25) is 0 Å². The Balaban J connectivity index is 2.17. The fraction of sp³-hybridized carbons (Fsp3) is 0.240. The Labute approximate surface area is 183 Å². The molecule has 0 fully saturated rings. The first-order valence-electron chi connectivity index (χ1n) is 10.1. The van der Waals surface area contributed by atoms with E-state index in [1.54, 1.807) is 6.92 Å². The Morgan fingerprint density at radius 2 is 1.72 bits per heavy atom. The third kappa shape index (κ3) is 3.09. The van der Waals surface area contributed by atoms with Gasteiger partial charge in [-0.05, 0) is 33.6 Å². The van der Waals surface area contributed by atoms with Crippen LogP contribution in [0.5, 0.6) is 28.7 Å². The average Bonchev–Trinajstić information content (AvgIpc) is 2.70. The Morgan fingerprint density at radius 3 is 2.34 bits per heavy atom. The van der Waals surface area contributed by atoms with Crippen LogP contribution < -0.4 is 5.43 Å². The Kier molecular flexibility index (Phi) is 4.92. The largest absolute Gasteiger partial charge is 0.507 e. The van der Waals surface area contributed by atoms with E-state index >= 15 is 0 Å². The first-order valence-corrected chi connectivity index (χ1v) is 10.1. The van der Waals surface area contributed by atoms with Gasteiger partial charge in [-0.3, -0.25) is 4.79 Å². The minimum atomic E-state index is -0.569. The van der Waals surface area contributed by atoms with Gasteiger partial charge in [0.05, 0.1) is 5.56 Å². The zero-order valence-electron chi connectivity index (χ0n) is 18.0. The summed E-state index contributed by atoms with van der Waals surface area (Å²) in [7, 11) is 0. The van der Waals surface area contributed by atoms with Crippen molar-refractivity contribution >= 4 is 11.0 Å². The fourth-order valence-electron chi connectivity index (χ4n) is 4.28. The van der Waals surface area contributed by atoms with Crippen LogP contribution in [0, 0.1) is 0 Å². The lowest BCUT2D eigenvalue weighted by Crippen LogP contribution is -2.21. The maximum atomic E-state index is 13.5. The van der Waals surface area contributed by atoms with Gasteiger partial charge >= 0.3 is 0 Å². The van der Waals surface area contributed by atoms with Crippen molar-refractivity contribution in [3.05, 3.63) is 62.8 Å². The lowest BCUT2D eigenvalue weighted by atomic mass is 9.77. The number of rotatable bonds is 3. The van der Waals surface area contributed by atoms with E-state index in [2.05, 4.69) is 6.58 Å². The molecule has 32 heavy (non-hydrogen) atoms. The van der Waals surface area contributed by atoms with E-state index in [-0.39, 0.29) is 57.8 Å². The smallest absolute Gasteiger partial charge is 0.200 e. The van der Waals surface area contributed by atoms with Gasteiger partial charge in [-0.25, -0.2) is 0 Å². The van der Waals surface area contributed by atoms with Crippen LogP contribution in [0.25, 0.3) is 22.3 Å². The van der Waals surface area contributed by atoms with Crippen molar-refractivity contribution in [2.75, 3.05) is 0 Å². The minimum Gasteiger partial charge on any atom is -0.507 e. The molecular weight excluding hydrogens is 412 g/mol. The second-order valence-electron chi connectivity index (χ2n) is 8.48. The molecule has 1 aliphatic carbocycles. The number of hydrogen-bond donors (Lipinski definition) is 5. The second kappa shape index (κ2) is 7.37. The van der Waals surface area contributed by atoms with Gasteiger partial charge in [0.15, 0.2) is 16.9 Å². The lowest BCUT2D eigenvalue weighted by Gasteiger charge is -2.28. The maximum absolute atomic E-state index is 13.5. The number of hydrogen-bond acceptors (Lipinski definition) is 7. The van der Waals surface area contributed by atoms with Gasteiger partial charge in [-0.15, -0.1) is 0 Å². The molecule has 0 saturated carbocycles. The monoisotopic (exact) mass is 436 g/mol. The second-order valence-corrected chi connectivity index (χ2v) is 8.48. The van der Waals surface area contributed by atoms with Crippen LogP contribution in [0.3, 0.4) is 0 Å². The molecule has 5 N–H and O–H groups in total. The molecule has 0 amide bonds. The molecule has 3 aromatic rings. The molecule has 7 heteroatoms. The van der Waals surface area contributed by atoms with Crippen molar-refractivity contribution in [3.63, 3.8) is 0 Å². The summed E-state index contributed by atoms with van der Waals surface area (Å²) in [5, 5.41) is 52.2. The lowest BCUT2D eigenvalue weighted by molar-refractivity contribution is 0.388. The summed E-state index contributed by atoms with van der Waals surface area (Å²) in [6.45, 7) is 9.42. The Bertz CT molecular complexity index is 1390. The molecule has 166 valence electrons. The minimum absolute atomic E-state index is 0.00422. The highest BCUT2D eigenvalue weighted by molar-refractivity contribution is 5.92. The molecule has 2 aromatic carbocycles. The summed E-state index contributed by atoms with van der Waals surface area (Å²) in [5.41, 5.74) is 1.88. The van der Waals surface area contributed by atoms with Crippen molar-refractivity contribution in [1.82, 2.24) is 0 Å². The first kappa shape index (κ1) is 21.4. The summed E-state index contributed by atoms with van der Waals surface area (Å²) in [5.74, 6) is -2.50. The molecule has 0 spiro atoms. The molecule has 1 aromatic heterocycles. The summed E-state index contributed by atoms with van der Waals surface area (Å²) >= 11 is 0. The molecular formula is C25H24O7. The topological polar surface area (TPSA) is 131 Å². The predicted octanol–water partition coefficient (Wildman–Crippen LogP) is 4.71.